The Labute approximate surface area is 123 Å². The highest BCUT2D eigenvalue weighted by molar-refractivity contribution is 5.27. The van der Waals surface area contributed by atoms with Crippen molar-refractivity contribution in [1.82, 2.24) is 10.2 Å². The van der Waals surface area contributed by atoms with Crippen molar-refractivity contribution in [2.24, 2.45) is 11.8 Å². The molecule has 1 N–H and O–H groups in total. The minimum atomic E-state index is 0.784. The molecule has 0 saturated carbocycles. The third-order valence-electron chi connectivity index (χ3n) is 4.40. The van der Waals surface area contributed by atoms with E-state index in [0.717, 1.165) is 37.3 Å². The van der Waals surface area contributed by atoms with Crippen LogP contribution >= 0.6 is 0 Å². The van der Waals surface area contributed by atoms with Crippen molar-refractivity contribution >= 4 is 0 Å². The van der Waals surface area contributed by atoms with E-state index in [0.29, 0.717) is 0 Å². The predicted octanol–water partition coefficient (Wildman–Crippen LogP) is 2.76. The quantitative estimate of drug-likeness (QED) is 0.864. The van der Waals surface area contributed by atoms with Gasteiger partial charge in [-0.15, -0.1) is 0 Å². The predicted molar refractivity (Wildman–Crippen MR) is 84.1 cm³/mol. The number of ether oxygens (including phenoxy) is 1. The average Bonchev–Trinajstić information content (AvgIpc) is 2.45. The van der Waals surface area contributed by atoms with E-state index in [1.54, 1.807) is 0 Å². The maximum atomic E-state index is 5.84. The van der Waals surface area contributed by atoms with Gasteiger partial charge in [0.15, 0.2) is 0 Å². The number of hydrogen-bond acceptors (Lipinski definition) is 3. The molecule has 1 aromatic rings. The second-order valence-corrected chi connectivity index (χ2v) is 6.07. The second kappa shape index (κ2) is 7.65. The molecule has 0 radical (unpaired) electrons. The lowest BCUT2D eigenvalue weighted by Crippen LogP contribution is -2.40. The van der Waals surface area contributed by atoms with Crippen molar-refractivity contribution in [3.05, 3.63) is 29.8 Å². The van der Waals surface area contributed by atoms with E-state index in [9.17, 15) is 0 Å². The Hall–Kier alpha value is -1.06. The summed E-state index contributed by atoms with van der Waals surface area (Å²) in [6.07, 6.45) is 1.32. The summed E-state index contributed by atoms with van der Waals surface area (Å²) in [7, 11) is 1.96. The van der Waals surface area contributed by atoms with E-state index in [4.69, 9.17) is 4.74 Å². The number of nitrogens with one attached hydrogen (secondary N) is 1. The molecule has 2 atom stereocenters. The smallest absolute Gasteiger partial charge is 0.119 e. The summed E-state index contributed by atoms with van der Waals surface area (Å²) < 4.78 is 5.84. The molecule has 0 bridgehead atoms. The van der Waals surface area contributed by atoms with Crippen LogP contribution in [0.4, 0.5) is 0 Å². The van der Waals surface area contributed by atoms with Gasteiger partial charge in [0.25, 0.3) is 0 Å². The zero-order valence-corrected chi connectivity index (χ0v) is 13.1. The van der Waals surface area contributed by atoms with Gasteiger partial charge in [-0.25, -0.2) is 0 Å². The summed E-state index contributed by atoms with van der Waals surface area (Å²) >= 11 is 0. The summed E-state index contributed by atoms with van der Waals surface area (Å²) in [5, 5.41) is 3.15. The average molecular weight is 276 g/mol. The van der Waals surface area contributed by atoms with Gasteiger partial charge in [-0.05, 0) is 49.5 Å². The highest BCUT2D eigenvalue weighted by Crippen LogP contribution is 2.22. The second-order valence-electron chi connectivity index (χ2n) is 6.07. The molecule has 0 aliphatic carbocycles. The molecular formula is C17H28N2O. The number of nitrogens with zero attached hydrogens (tertiary/aromatic N) is 1. The van der Waals surface area contributed by atoms with Crippen molar-refractivity contribution in [1.29, 1.82) is 0 Å². The summed E-state index contributed by atoms with van der Waals surface area (Å²) in [5.74, 6) is 2.65. The van der Waals surface area contributed by atoms with Crippen LogP contribution in [-0.4, -0.2) is 38.2 Å². The van der Waals surface area contributed by atoms with E-state index in [1.165, 1.54) is 25.1 Å². The van der Waals surface area contributed by atoms with Crippen molar-refractivity contribution in [3.8, 4) is 5.75 Å². The summed E-state index contributed by atoms with van der Waals surface area (Å²) in [6, 6.07) is 8.37. The Balaban J connectivity index is 1.70. The first-order valence-electron chi connectivity index (χ1n) is 7.77. The van der Waals surface area contributed by atoms with E-state index in [2.05, 4.69) is 48.3 Å². The van der Waals surface area contributed by atoms with Gasteiger partial charge in [0.2, 0.25) is 0 Å². The van der Waals surface area contributed by atoms with E-state index >= 15 is 0 Å². The van der Waals surface area contributed by atoms with E-state index in [-0.39, 0.29) is 0 Å². The van der Waals surface area contributed by atoms with Crippen molar-refractivity contribution in [2.45, 2.75) is 26.8 Å². The highest BCUT2D eigenvalue weighted by Gasteiger charge is 2.22. The standard InChI is InChI=1S/C17H28N2O/c1-14-8-9-19(13-15(14)2)10-11-20-17-6-4-16(5-7-17)12-18-3/h4-7,14-15,18H,8-13H2,1-3H3. The number of rotatable bonds is 6. The molecule has 1 aliphatic rings. The Morgan fingerprint density at radius 2 is 1.95 bits per heavy atom. The lowest BCUT2D eigenvalue weighted by Gasteiger charge is -2.35. The molecule has 1 aliphatic heterocycles. The van der Waals surface area contributed by atoms with Gasteiger partial charge < -0.3 is 10.1 Å². The molecule has 112 valence electrons. The molecule has 3 heteroatoms. The minimum absolute atomic E-state index is 0.784. The third-order valence-corrected chi connectivity index (χ3v) is 4.40. The summed E-state index contributed by atoms with van der Waals surface area (Å²) in [5.41, 5.74) is 1.29. The minimum Gasteiger partial charge on any atom is -0.492 e. The van der Waals surface area contributed by atoms with Crippen LogP contribution in [0.2, 0.25) is 0 Å². The number of likely N-dealkylation sites (tertiary alicyclic amines) is 1. The van der Waals surface area contributed by atoms with Gasteiger partial charge in [-0.3, -0.25) is 4.90 Å². The van der Waals surface area contributed by atoms with Crippen LogP contribution in [0.1, 0.15) is 25.8 Å². The van der Waals surface area contributed by atoms with Crippen LogP contribution < -0.4 is 10.1 Å². The van der Waals surface area contributed by atoms with Crippen LogP contribution in [0.5, 0.6) is 5.75 Å². The lowest BCUT2D eigenvalue weighted by atomic mass is 9.89. The SMILES string of the molecule is CNCc1ccc(OCCN2CCC(C)C(C)C2)cc1. The van der Waals surface area contributed by atoms with Crippen molar-refractivity contribution in [2.75, 3.05) is 33.3 Å². The Morgan fingerprint density at radius 3 is 2.60 bits per heavy atom. The van der Waals surface area contributed by atoms with E-state index in [1.807, 2.05) is 7.05 Å². The Morgan fingerprint density at radius 1 is 1.20 bits per heavy atom. The topological polar surface area (TPSA) is 24.5 Å². The molecule has 2 rings (SSSR count). The summed E-state index contributed by atoms with van der Waals surface area (Å²) in [6.45, 7) is 9.89. The third kappa shape index (κ3) is 4.50. The lowest BCUT2D eigenvalue weighted by molar-refractivity contribution is 0.119. The molecular weight excluding hydrogens is 248 g/mol. The van der Waals surface area contributed by atoms with Gasteiger partial charge in [-0.2, -0.15) is 0 Å². The van der Waals surface area contributed by atoms with Crippen LogP contribution in [0.15, 0.2) is 24.3 Å². The summed E-state index contributed by atoms with van der Waals surface area (Å²) in [4.78, 5) is 2.53. The van der Waals surface area contributed by atoms with Crippen molar-refractivity contribution in [3.63, 3.8) is 0 Å². The molecule has 1 fully saturated rings. The zero-order valence-electron chi connectivity index (χ0n) is 13.1. The molecule has 2 unspecified atom stereocenters. The van der Waals surface area contributed by atoms with Crippen LogP contribution in [0.25, 0.3) is 0 Å². The van der Waals surface area contributed by atoms with Crippen LogP contribution in [0, 0.1) is 11.8 Å². The van der Waals surface area contributed by atoms with E-state index < -0.39 is 0 Å². The van der Waals surface area contributed by atoms with Gasteiger partial charge in [0, 0.05) is 19.6 Å². The zero-order chi connectivity index (χ0) is 14.4. The first kappa shape index (κ1) is 15.3. The largest absolute Gasteiger partial charge is 0.492 e. The van der Waals surface area contributed by atoms with Crippen molar-refractivity contribution < 1.29 is 4.74 Å². The highest BCUT2D eigenvalue weighted by atomic mass is 16.5. The maximum Gasteiger partial charge on any atom is 0.119 e. The molecule has 1 heterocycles. The Kier molecular flexibility index (Phi) is 5.86. The number of hydrogen-bond donors (Lipinski definition) is 1. The van der Waals surface area contributed by atoms with Gasteiger partial charge in [0.05, 0.1) is 0 Å². The van der Waals surface area contributed by atoms with Crippen LogP contribution in [-0.2, 0) is 6.54 Å². The normalized spacial score (nSPS) is 23.8. The Bertz CT molecular complexity index is 390. The molecule has 1 aromatic carbocycles. The van der Waals surface area contributed by atoms with Gasteiger partial charge >= 0.3 is 0 Å². The number of piperidine rings is 1. The number of benzene rings is 1. The fourth-order valence-corrected chi connectivity index (χ4v) is 2.75. The van der Waals surface area contributed by atoms with Crippen LogP contribution in [0.3, 0.4) is 0 Å². The molecule has 0 amide bonds. The molecule has 3 nitrogen and oxygen atoms in total. The molecule has 1 saturated heterocycles. The maximum absolute atomic E-state index is 5.84. The molecule has 0 spiro atoms. The fourth-order valence-electron chi connectivity index (χ4n) is 2.75. The van der Waals surface area contributed by atoms with Gasteiger partial charge in [0.1, 0.15) is 12.4 Å². The fraction of sp³-hybridized carbons (Fsp3) is 0.647. The molecule has 20 heavy (non-hydrogen) atoms. The molecule has 0 aromatic heterocycles. The first-order chi connectivity index (χ1) is 9.69. The monoisotopic (exact) mass is 276 g/mol. The first-order valence-corrected chi connectivity index (χ1v) is 7.77. The van der Waals surface area contributed by atoms with Gasteiger partial charge in [-0.1, -0.05) is 26.0 Å².